The summed E-state index contributed by atoms with van der Waals surface area (Å²) in [5, 5.41) is 0. The molecular weight excluding hydrogens is 284 g/mol. The van der Waals surface area contributed by atoms with Crippen molar-refractivity contribution in [2.24, 2.45) is 0 Å². The van der Waals surface area contributed by atoms with Crippen molar-refractivity contribution in [3.8, 4) is 5.75 Å². The number of carbonyl (C=O) groups excluding carboxylic acids is 1. The number of hydrogen-bond donors (Lipinski definition) is 0. The molecule has 0 heterocycles. The van der Waals surface area contributed by atoms with Gasteiger partial charge in [-0.1, -0.05) is 17.7 Å². The number of Topliss-reactive ketones (excluding diaryl/α,β-unsaturated/α-hetero) is 1. The van der Waals surface area contributed by atoms with Crippen LogP contribution in [0.25, 0.3) is 0 Å². The number of rotatable bonds is 6. The second-order valence-corrected chi connectivity index (χ2v) is 6.13. The first-order valence-corrected chi connectivity index (χ1v) is 8.13. The van der Waals surface area contributed by atoms with E-state index in [0.29, 0.717) is 17.1 Å². The zero-order valence-corrected chi connectivity index (χ0v) is 13.0. The molecular formula is C17H18O3S. The molecule has 0 bridgehead atoms. The van der Waals surface area contributed by atoms with Gasteiger partial charge < -0.3 is 4.74 Å². The minimum Gasteiger partial charge on any atom is -0.494 e. The van der Waals surface area contributed by atoms with E-state index in [4.69, 9.17) is 4.74 Å². The largest absolute Gasteiger partial charge is 0.494 e. The third kappa shape index (κ3) is 4.26. The van der Waals surface area contributed by atoms with Crippen molar-refractivity contribution in [3.63, 3.8) is 0 Å². The lowest BCUT2D eigenvalue weighted by atomic mass is 10.1. The van der Waals surface area contributed by atoms with E-state index < -0.39 is 10.8 Å². The van der Waals surface area contributed by atoms with Gasteiger partial charge in [0, 0.05) is 10.5 Å². The van der Waals surface area contributed by atoms with Gasteiger partial charge in [0.15, 0.2) is 5.78 Å². The Morgan fingerprint density at radius 2 is 1.67 bits per heavy atom. The van der Waals surface area contributed by atoms with Crippen LogP contribution < -0.4 is 4.74 Å². The Balaban J connectivity index is 2.03. The van der Waals surface area contributed by atoms with Crippen molar-refractivity contribution in [1.82, 2.24) is 0 Å². The van der Waals surface area contributed by atoms with Gasteiger partial charge in [0.2, 0.25) is 0 Å². The Bertz CT molecular complexity index is 630. The Labute approximate surface area is 127 Å². The number of aryl methyl sites for hydroxylation is 1. The second kappa shape index (κ2) is 7.18. The molecule has 0 aliphatic heterocycles. The normalized spacial score (nSPS) is 11.9. The second-order valence-electron chi connectivity index (χ2n) is 4.68. The van der Waals surface area contributed by atoms with Gasteiger partial charge in [-0.25, -0.2) is 0 Å². The minimum absolute atomic E-state index is 0.00293. The lowest BCUT2D eigenvalue weighted by Gasteiger charge is -2.05. The molecule has 0 spiro atoms. The van der Waals surface area contributed by atoms with Crippen molar-refractivity contribution in [3.05, 3.63) is 59.7 Å². The van der Waals surface area contributed by atoms with Crippen LogP contribution in [0.15, 0.2) is 53.4 Å². The highest BCUT2D eigenvalue weighted by atomic mass is 32.2. The van der Waals surface area contributed by atoms with Crippen LogP contribution in [-0.4, -0.2) is 22.4 Å². The van der Waals surface area contributed by atoms with Crippen molar-refractivity contribution in [2.45, 2.75) is 18.7 Å². The monoisotopic (exact) mass is 302 g/mol. The van der Waals surface area contributed by atoms with Gasteiger partial charge in [0.05, 0.1) is 23.2 Å². The quantitative estimate of drug-likeness (QED) is 0.768. The van der Waals surface area contributed by atoms with Gasteiger partial charge in [-0.2, -0.15) is 0 Å². The fourth-order valence-electron chi connectivity index (χ4n) is 1.88. The first-order chi connectivity index (χ1) is 10.1. The number of carbonyl (C=O) groups is 1. The predicted molar refractivity (Wildman–Crippen MR) is 84.4 cm³/mol. The van der Waals surface area contributed by atoms with E-state index >= 15 is 0 Å². The minimum atomic E-state index is -1.31. The van der Waals surface area contributed by atoms with Crippen LogP contribution in [0.2, 0.25) is 0 Å². The lowest BCUT2D eigenvalue weighted by Crippen LogP contribution is -2.11. The van der Waals surface area contributed by atoms with Crippen LogP contribution in [0.1, 0.15) is 22.8 Å². The van der Waals surface area contributed by atoms with Crippen LogP contribution in [0.4, 0.5) is 0 Å². The van der Waals surface area contributed by atoms with E-state index in [0.717, 1.165) is 11.3 Å². The van der Waals surface area contributed by atoms with Gasteiger partial charge in [-0.3, -0.25) is 9.00 Å². The fourth-order valence-corrected chi connectivity index (χ4v) is 2.89. The molecule has 0 amide bonds. The van der Waals surface area contributed by atoms with Crippen LogP contribution in [0.3, 0.4) is 0 Å². The van der Waals surface area contributed by atoms with Crippen LogP contribution in [-0.2, 0) is 10.8 Å². The van der Waals surface area contributed by atoms with E-state index in [9.17, 15) is 9.00 Å². The molecule has 2 rings (SSSR count). The van der Waals surface area contributed by atoms with Gasteiger partial charge in [0.25, 0.3) is 0 Å². The average Bonchev–Trinajstić information content (AvgIpc) is 2.49. The fraction of sp³-hybridized carbons (Fsp3) is 0.235. The first-order valence-electron chi connectivity index (χ1n) is 6.81. The van der Waals surface area contributed by atoms with Gasteiger partial charge >= 0.3 is 0 Å². The van der Waals surface area contributed by atoms with Gasteiger partial charge in [0.1, 0.15) is 5.75 Å². The summed E-state index contributed by atoms with van der Waals surface area (Å²) in [4.78, 5) is 12.8. The third-order valence-electron chi connectivity index (χ3n) is 3.03. The Kier molecular flexibility index (Phi) is 5.28. The van der Waals surface area contributed by atoms with Crippen molar-refractivity contribution >= 4 is 16.6 Å². The van der Waals surface area contributed by atoms with Crippen molar-refractivity contribution < 1.29 is 13.7 Å². The number of hydrogen-bond acceptors (Lipinski definition) is 3. The summed E-state index contributed by atoms with van der Waals surface area (Å²) in [6, 6.07) is 14.3. The van der Waals surface area contributed by atoms with Crippen LogP contribution in [0.5, 0.6) is 5.75 Å². The number of benzene rings is 2. The van der Waals surface area contributed by atoms with E-state index in [1.807, 2.05) is 26.0 Å². The van der Waals surface area contributed by atoms with Crippen molar-refractivity contribution in [1.29, 1.82) is 0 Å². The molecule has 0 fully saturated rings. The molecule has 0 aliphatic rings. The molecule has 1 unspecified atom stereocenters. The molecule has 0 saturated carbocycles. The maximum Gasteiger partial charge on any atom is 0.175 e. The summed E-state index contributed by atoms with van der Waals surface area (Å²) in [6.07, 6.45) is 0. The molecule has 1 atom stereocenters. The van der Waals surface area contributed by atoms with E-state index in [1.165, 1.54) is 0 Å². The highest BCUT2D eigenvalue weighted by Crippen LogP contribution is 2.14. The SMILES string of the molecule is CCOc1ccc(C(=O)CS(=O)c2ccc(C)cc2)cc1. The maximum absolute atomic E-state index is 12.2. The molecule has 3 nitrogen and oxygen atoms in total. The lowest BCUT2D eigenvalue weighted by molar-refractivity contribution is 0.102. The van der Waals surface area contributed by atoms with Crippen molar-refractivity contribution in [2.75, 3.05) is 12.4 Å². The number of ether oxygens (including phenoxy) is 1. The predicted octanol–water partition coefficient (Wildman–Crippen LogP) is 3.38. The summed E-state index contributed by atoms with van der Waals surface area (Å²) in [5.41, 5.74) is 1.66. The Morgan fingerprint density at radius 1 is 1.05 bits per heavy atom. The molecule has 2 aromatic carbocycles. The zero-order chi connectivity index (χ0) is 15.2. The van der Waals surface area contributed by atoms with E-state index in [-0.39, 0.29) is 11.5 Å². The summed E-state index contributed by atoms with van der Waals surface area (Å²) >= 11 is 0. The highest BCUT2D eigenvalue weighted by Gasteiger charge is 2.12. The standard InChI is InChI=1S/C17H18O3S/c1-3-20-15-8-6-14(7-9-15)17(18)12-21(19)16-10-4-13(2)5-11-16/h4-11H,3,12H2,1-2H3. The van der Waals surface area contributed by atoms with Crippen LogP contribution >= 0.6 is 0 Å². The van der Waals surface area contributed by atoms with Gasteiger partial charge in [-0.15, -0.1) is 0 Å². The summed E-state index contributed by atoms with van der Waals surface area (Å²) in [7, 11) is -1.31. The van der Waals surface area contributed by atoms with E-state index in [1.54, 1.807) is 36.4 Å². The molecule has 0 N–H and O–H groups in total. The zero-order valence-electron chi connectivity index (χ0n) is 12.2. The van der Waals surface area contributed by atoms with Crippen LogP contribution in [0, 0.1) is 6.92 Å². The average molecular weight is 302 g/mol. The summed E-state index contributed by atoms with van der Waals surface area (Å²) in [5.74, 6) is 0.600. The summed E-state index contributed by atoms with van der Waals surface area (Å²) < 4.78 is 17.5. The number of ketones is 1. The molecule has 4 heteroatoms. The molecule has 21 heavy (non-hydrogen) atoms. The van der Waals surface area contributed by atoms with E-state index in [2.05, 4.69) is 0 Å². The summed E-state index contributed by atoms with van der Waals surface area (Å²) in [6.45, 7) is 4.46. The molecule has 2 aromatic rings. The third-order valence-corrected chi connectivity index (χ3v) is 4.36. The molecule has 0 radical (unpaired) electrons. The maximum atomic E-state index is 12.2. The smallest absolute Gasteiger partial charge is 0.175 e. The topological polar surface area (TPSA) is 43.4 Å². The Morgan fingerprint density at radius 3 is 2.24 bits per heavy atom. The molecule has 0 saturated heterocycles. The highest BCUT2D eigenvalue weighted by molar-refractivity contribution is 7.85. The molecule has 0 aliphatic carbocycles. The Hall–Kier alpha value is -1.94. The van der Waals surface area contributed by atoms with Gasteiger partial charge in [-0.05, 0) is 50.2 Å². The first kappa shape index (κ1) is 15.4. The molecule has 110 valence electrons. The molecule has 0 aromatic heterocycles.